The third-order valence-corrected chi connectivity index (χ3v) is 7.38. The van der Waals surface area contributed by atoms with E-state index in [1.165, 1.54) is 21.0 Å². The first-order chi connectivity index (χ1) is 14.9. The molecule has 1 aromatic carbocycles. The SMILES string of the molecule is CCS(=O)(=O)N1CCc2cc(C(=O)COC(=O)c3csc(-c4ncccn4)n3)ccc21. The average Bonchev–Trinajstić information content (AvgIpc) is 3.45. The number of nitrogens with zero attached hydrogens (tertiary/aromatic N) is 4. The van der Waals surface area contributed by atoms with E-state index < -0.39 is 22.6 Å². The summed E-state index contributed by atoms with van der Waals surface area (Å²) < 4.78 is 30.8. The van der Waals surface area contributed by atoms with Gasteiger partial charge in [0.2, 0.25) is 10.0 Å². The molecule has 0 N–H and O–H groups in total. The van der Waals surface area contributed by atoms with Crippen LogP contribution in [0.15, 0.2) is 42.0 Å². The predicted molar refractivity (Wildman–Crippen MR) is 115 cm³/mol. The van der Waals surface area contributed by atoms with Gasteiger partial charge in [0.1, 0.15) is 0 Å². The highest BCUT2D eigenvalue weighted by molar-refractivity contribution is 7.92. The molecule has 2 aromatic heterocycles. The zero-order valence-electron chi connectivity index (χ0n) is 16.5. The van der Waals surface area contributed by atoms with Crippen molar-refractivity contribution in [3.8, 4) is 10.8 Å². The van der Waals surface area contributed by atoms with E-state index >= 15 is 0 Å². The Hall–Kier alpha value is -3.18. The fourth-order valence-corrected chi connectivity index (χ4v) is 5.05. The minimum atomic E-state index is -3.35. The number of ketones is 1. The highest BCUT2D eigenvalue weighted by Crippen LogP contribution is 2.31. The Balaban J connectivity index is 1.41. The number of rotatable bonds is 7. The number of anilines is 1. The molecular weight excluding hydrogens is 440 g/mol. The Morgan fingerprint density at radius 1 is 1.23 bits per heavy atom. The minimum Gasteiger partial charge on any atom is -0.453 e. The molecule has 0 atom stereocenters. The van der Waals surface area contributed by atoms with Crippen molar-refractivity contribution in [2.75, 3.05) is 23.2 Å². The molecule has 11 heteroatoms. The molecule has 0 unspecified atom stereocenters. The standard InChI is InChI=1S/C20H18N4O5S2/c1-2-31(27,28)24-9-6-13-10-14(4-5-16(13)24)17(25)11-29-20(26)15-12-30-19(23-15)18-21-7-3-8-22-18/h3-5,7-8,10,12H,2,6,9,11H2,1H3. The monoisotopic (exact) mass is 458 g/mol. The molecule has 31 heavy (non-hydrogen) atoms. The molecule has 0 fully saturated rings. The molecular formula is C20H18N4O5S2. The number of carbonyl (C=O) groups excluding carboxylic acids is 2. The van der Waals surface area contributed by atoms with Crippen LogP contribution < -0.4 is 4.31 Å². The van der Waals surface area contributed by atoms with Crippen molar-refractivity contribution in [1.82, 2.24) is 15.0 Å². The van der Waals surface area contributed by atoms with Gasteiger partial charge in [0.25, 0.3) is 0 Å². The maximum atomic E-state index is 12.5. The number of aromatic nitrogens is 3. The highest BCUT2D eigenvalue weighted by atomic mass is 32.2. The van der Waals surface area contributed by atoms with Crippen molar-refractivity contribution in [2.24, 2.45) is 0 Å². The number of fused-ring (bicyclic) bond motifs is 1. The van der Waals surface area contributed by atoms with Gasteiger partial charge < -0.3 is 4.74 Å². The second-order valence-corrected chi connectivity index (χ2v) is 9.72. The van der Waals surface area contributed by atoms with Crippen LogP contribution in [-0.2, 0) is 21.2 Å². The number of carbonyl (C=O) groups is 2. The Labute approximate surface area is 182 Å². The highest BCUT2D eigenvalue weighted by Gasteiger charge is 2.28. The van der Waals surface area contributed by atoms with E-state index in [9.17, 15) is 18.0 Å². The van der Waals surface area contributed by atoms with E-state index in [2.05, 4.69) is 15.0 Å². The van der Waals surface area contributed by atoms with Gasteiger partial charge in [-0.1, -0.05) is 0 Å². The van der Waals surface area contributed by atoms with Crippen molar-refractivity contribution in [2.45, 2.75) is 13.3 Å². The number of thiazole rings is 1. The van der Waals surface area contributed by atoms with Gasteiger partial charge in [-0.2, -0.15) is 0 Å². The van der Waals surface area contributed by atoms with Crippen molar-refractivity contribution in [3.05, 3.63) is 58.9 Å². The van der Waals surface area contributed by atoms with E-state index in [1.807, 2.05) is 0 Å². The zero-order valence-corrected chi connectivity index (χ0v) is 18.1. The molecule has 4 rings (SSSR count). The molecule has 0 radical (unpaired) electrons. The number of esters is 1. The van der Waals surface area contributed by atoms with Crippen LogP contribution in [0.3, 0.4) is 0 Å². The summed E-state index contributed by atoms with van der Waals surface area (Å²) in [6.07, 6.45) is 3.68. The van der Waals surface area contributed by atoms with Gasteiger partial charge in [-0.15, -0.1) is 11.3 Å². The van der Waals surface area contributed by atoms with Gasteiger partial charge in [0.05, 0.1) is 11.4 Å². The fourth-order valence-electron chi connectivity index (χ4n) is 3.16. The van der Waals surface area contributed by atoms with Crippen molar-refractivity contribution in [1.29, 1.82) is 0 Å². The molecule has 3 aromatic rings. The Morgan fingerprint density at radius 3 is 2.74 bits per heavy atom. The second kappa shape index (κ2) is 8.52. The third-order valence-electron chi connectivity index (χ3n) is 4.76. The van der Waals surface area contributed by atoms with Gasteiger partial charge in [-0.05, 0) is 43.2 Å². The minimum absolute atomic E-state index is 0.0117. The van der Waals surface area contributed by atoms with Crippen LogP contribution in [0.2, 0.25) is 0 Å². The lowest BCUT2D eigenvalue weighted by atomic mass is 10.1. The van der Waals surface area contributed by atoms with Crippen LogP contribution in [0, 0.1) is 0 Å². The van der Waals surface area contributed by atoms with Crippen LogP contribution in [0.4, 0.5) is 5.69 Å². The zero-order chi connectivity index (χ0) is 22.0. The summed E-state index contributed by atoms with van der Waals surface area (Å²) in [7, 11) is -3.35. The lowest BCUT2D eigenvalue weighted by molar-refractivity contribution is 0.0470. The smallest absolute Gasteiger partial charge is 0.358 e. The molecule has 3 heterocycles. The normalized spacial score (nSPS) is 13.1. The second-order valence-electron chi connectivity index (χ2n) is 6.68. The predicted octanol–water partition coefficient (Wildman–Crippen LogP) is 2.35. The number of Topliss-reactive ketones (excluding diaryl/α,β-unsaturated/α-hetero) is 1. The molecule has 0 amide bonds. The Bertz CT molecular complexity index is 1240. The average molecular weight is 459 g/mol. The Kier molecular flexibility index (Phi) is 5.79. The molecule has 0 saturated carbocycles. The first-order valence-corrected chi connectivity index (χ1v) is 11.9. The van der Waals surface area contributed by atoms with Crippen LogP contribution in [-0.4, -0.2) is 54.0 Å². The van der Waals surface area contributed by atoms with E-state index in [4.69, 9.17) is 4.74 Å². The summed E-state index contributed by atoms with van der Waals surface area (Å²) in [5, 5.41) is 2.00. The molecule has 9 nitrogen and oxygen atoms in total. The van der Waals surface area contributed by atoms with Gasteiger partial charge in [-0.25, -0.2) is 28.2 Å². The van der Waals surface area contributed by atoms with Crippen molar-refractivity contribution in [3.63, 3.8) is 0 Å². The number of hydrogen-bond donors (Lipinski definition) is 0. The van der Waals surface area contributed by atoms with Crippen molar-refractivity contribution >= 4 is 38.8 Å². The topological polar surface area (TPSA) is 119 Å². The maximum Gasteiger partial charge on any atom is 0.358 e. The van der Waals surface area contributed by atoms with Gasteiger partial charge in [0, 0.05) is 29.9 Å². The first-order valence-electron chi connectivity index (χ1n) is 9.45. The van der Waals surface area contributed by atoms with Crippen LogP contribution in [0.1, 0.15) is 33.3 Å². The molecule has 0 spiro atoms. The summed E-state index contributed by atoms with van der Waals surface area (Å²) in [5.74, 6) is -0.680. The van der Waals surface area contributed by atoms with Crippen LogP contribution >= 0.6 is 11.3 Å². The number of hydrogen-bond acceptors (Lipinski definition) is 9. The summed E-state index contributed by atoms with van der Waals surface area (Å²) in [6.45, 7) is 1.51. The van der Waals surface area contributed by atoms with Gasteiger partial charge in [0.15, 0.2) is 28.9 Å². The molecule has 0 bridgehead atoms. The maximum absolute atomic E-state index is 12.5. The third kappa shape index (κ3) is 4.32. The summed E-state index contributed by atoms with van der Waals surface area (Å²) in [5.41, 5.74) is 1.81. The largest absolute Gasteiger partial charge is 0.453 e. The number of sulfonamides is 1. The lowest BCUT2D eigenvalue weighted by Crippen LogP contribution is -2.30. The quantitative estimate of drug-likeness (QED) is 0.391. The lowest BCUT2D eigenvalue weighted by Gasteiger charge is -2.18. The molecule has 1 aliphatic rings. The molecule has 0 aliphatic carbocycles. The molecule has 1 aliphatic heterocycles. The van der Waals surface area contributed by atoms with Crippen molar-refractivity contribution < 1.29 is 22.7 Å². The Morgan fingerprint density at radius 2 is 2.00 bits per heavy atom. The van der Waals surface area contributed by atoms with Crippen LogP contribution in [0.5, 0.6) is 0 Å². The molecule has 0 saturated heterocycles. The molecule has 160 valence electrons. The summed E-state index contributed by atoms with van der Waals surface area (Å²) in [6, 6.07) is 6.50. The van der Waals surface area contributed by atoms with E-state index in [1.54, 1.807) is 43.6 Å². The van der Waals surface area contributed by atoms with Gasteiger partial charge in [-0.3, -0.25) is 9.10 Å². The number of ether oxygens (including phenoxy) is 1. The van der Waals surface area contributed by atoms with E-state index in [0.717, 1.165) is 5.56 Å². The first kappa shape index (κ1) is 21.1. The summed E-state index contributed by atoms with van der Waals surface area (Å²) >= 11 is 1.20. The van der Waals surface area contributed by atoms with Crippen LogP contribution in [0.25, 0.3) is 10.8 Å². The number of benzene rings is 1. The summed E-state index contributed by atoms with van der Waals surface area (Å²) in [4.78, 5) is 37.1. The van der Waals surface area contributed by atoms with E-state index in [0.29, 0.717) is 35.0 Å². The van der Waals surface area contributed by atoms with E-state index in [-0.39, 0.29) is 17.2 Å². The fraction of sp³-hybridized carbons (Fsp3) is 0.250. The van der Waals surface area contributed by atoms with Gasteiger partial charge >= 0.3 is 5.97 Å².